The molecule has 388 valence electrons. The van der Waals surface area contributed by atoms with Crippen molar-refractivity contribution < 1.29 is 63.3 Å². The first-order chi connectivity index (χ1) is 33.4. The first kappa shape index (κ1) is 57.8. The Morgan fingerprint density at radius 1 is 0.577 bits per heavy atom. The minimum atomic E-state index is -1.53. The zero-order chi connectivity index (χ0) is 52.9. The number of aromatic nitrogens is 1. The Labute approximate surface area is 411 Å². The number of hydrogen-bond donors (Lipinski definition) is 13. The van der Waals surface area contributed by atoms with Crippen molar-refractivity contribution >= 4 is 70.1 Å². The van der Waals surface area contributed by atoms with E-state index in [1.165, 1.54) is 12.1 Å². The number of phenols is 1. The lowest BCUT2D eigenvalue weighted by Crippen LogP contribution is -2.58. The van der Waals surface area contributed by atoms with E-state index >= 15 is 0 Å². The van der Waals surface area contributed by atoms with E-state index in [4.69, 9.17) is 5.73 Å². The molecule has 2 aromatic carbocycles. The molecule has 1 heterocycles. The molecule has 8 amide bonds. The minimum absolute atomic E-state index is 0.0167. The van der Waals surface area contributed by atoms with E-state index in [0.29, 0.717) is 11.1 Å². The summed E-state index contributed by atoms with van der Waals surface area (Å²) in [4.78, 5) is 133. The molecule has 0 aliphatic carbocycles. The quantitative estimate of drug-likeness (QED) is 0.0416. The first-order valence-corrected chi connectivity index (χ1v) is 23.3. The van der Waals surface area contributed by atoms with E-state index < -0.39 is 134 Å². The first-order valence-electron chi connectivity index (χ1n) is 23.3. The van der Waals surface area contributed by atoms with Gasteiger partial charge in [0.2, 0.25) is 47.3 Å². The number of phenolic OH excluding ortho intramolecular Hbond substituents is 1. The van der Waals surface area contributed by atoms with Crippen LogP contribution >= 0.6 is 0 Å². The van der Waals surface area contributed by atoms with Crippen molar-refractivity contribution in [3.05, 3.63) is 65.9 Å². The second-order valence-electron chi connectivity index (χ2n) is 18.4. The van der Waals surface area contributed by atoms with Crippen LogP contribution in [0.3, 0.4) is 0 Å². The molecule has 1 aromatic heterocycles. The number of carbonyl (C=O) groups is 10. The summed E-state index contributed by atoms with van der Waals surface area (Å²) >= 11 is 0. The van der Waals surface area contributed by atoms with E-state index in [-0.39, 0.29) is 43.3 Å². The van der Waals surface area contributed by atoms with Crippen LogP contribution in [0.5, 0.6) is 5.75 Å². The van der Waals surface area contributed by atoms with E-state index in [2.05, 4.69) is 47.5 Å². The number of rotatable bonds is 29. The summed E-state index contributed by atoms with van der Waals surface area (Å²) in [7, 11) is 0. The van der Waals surface area contributed by atoms with Crippen LogP contribution in [0.25, 0.3) is 10.9 Å². The Bertz CT molecular complexity index is 2350. The maximum Gasteiger partial charge on any atom is 0.326 e. The third kappa shape index (κ3) is 20.1. The fraction of sp³-hybridized carbons (Fsp3) is 0.500. The summed E-state index contributed by atoms with van der Waals surface area (Å²) in [5, 5.41) is 48.9. The molecule has 0 spiro atoms. The number of H-pyrrole nitrogens is 1. The number of nitrogens with one attached hydrogen (secondary N) is 9. The normalized spacial score (nSPS) is 13.7. The van der Waals surface area contributed by atoms with Gasteiger partial charge in [-0.1, -0.05) is 71.9 Å². The van der Waals surface area contributed by atoms with Crippen LogP contribution in [0.15, 0.2) is 54.7 Å². The third-order valence-electron chi connectivity index (χ3n) is 11.0. The molecule has 0 fully saturated rings. The lowest BCUT2D eigenvalue weighted by molar-refractivity contribution is -0.143. The van der Waals surface area contributed by atoms with E-state index in [1.807, 2.05) is 19.9 Å². The van der Waals surface area contributed by atoms with Gasteiger partial charge < -0.3 is 68.6 Å². The van der Waals surface area contributed by atoms with Crippen LogP contribution in [-0.4, -0.2) is 135 Å². The molecule has 0 saturated carbocycles. The van der Waals surface area contributed by atoms with Crippen molar-refractivity contribution in [3.63, 3.8) is 0 Å². The van der Waals surface area contributed by atoms with Gasteiger partial charge in [-0.2, -0.15) is 0 Å². The SMILES string of the molecule is CC(C)C[C@H](NC(=O)[C@H](CCC(=O)O)NC(=O)CNC(=O)CNC(=O)[C@H](CC(C)C)NC(=O)[C@@H](N)Cc1ccc(O)cc1)C(=O)N[C@@H](Cc1c[nH]c2ccccc12)C(=O)NCC(=O)N[C@H](C(=O)O)C(C)C. The van der Waals surface area contributed by atoms with Gasteiger partial charge >= 0.3 is 11.9 Å². The van der Waals surface area contributed by atoms with Gasteiger partial charge in [-0.15, -0.1) is 0 Å². The van der Waals surface area contributed by atoms with Gasteiger partial charge in [0, 0.05) is 29.9 Å². The third-order valence-corrected chi connectivity index (χ3v) is 11.0. The van der Waals surface area contributed by atoms with Crippen molar-refractivity contribution in [1.82, 2.24) is 47.5 Å². The number of aromatic hydroxyl groups is 1. The van der Waals surface area contributed by atoms with E-state index in [0.717, 1.165) is 10.9 Å². The smallest absolute Gasteiger partial charge is 0.326 e. The number of hydrogen-bond acceptors (Lipinski definition) is 12. The highest BCUT2D eigenvalue weighted by Gasteiger charge is 2.32. The lowest BCUT2D eigenvalue weighted by Gasteiger charge is -2.26. The second kappa shape index (κ2) is 28.2. The fourth-order valence-electron chi connectivity index (χ4n) is 7.28. The van der Waals surface area contributed by atoms with Crippen molar-refractivity contribution in [2.24, 2.45) is 23.5 Å². The molecule has 6 atom stereocenters. The molecule has 14 N–H and O–H groups in total. The van der Waals surface area contributed by atoms with Crippen LogP contribution in [0.1, 0.15) is 78.4 Å². The van der Waals surface area contributed by atoms with Gasteiger partial charge in [-0.05, 0) is 72.8 Å². The summed E-state index contributed by atoms with van der Waals surface area (Å²) in [6.07, 6.45) is 0.885. The van der Waals surface area contributed by atoms with Crippen LogP contribution in [0, 0.1) is 17.8 Å². The second-order valence-corrected chi connectivity index (χ2v) is 18.4. The highest BCUT2D eigenvalue weighted by Crippen LogP contribution is 2.20. The average Bonchev–Trinajstić information content (AvgIpc) is 3.71. The zero-order valence-corrected chi connectivity index (χ0v) is 40.8. The molecule has 3 rings (SSSR count). The highest BCUT2D eigenvalue weighted by molar-refractivity contribution is 5.97. The molecule has 0 radical (unpaired) electrons. The Hall–Kier alpha value is -7.56. The van der Waals surface area contributed by atoms with Crippen LogP contribution in [0.2, 0.25) is 0 Å². The molecular weight excluding hydrogens is 925 g/mol. The van der Waals surface area contributed by atoms with Crippen molar-refractivity contribution in [3.8, 4) is 5.75 Å². The monoisotopic (exact) mass is 992 g/mol. The average molecular weight is 993 g/mol. The number of benzene rings is 2. The molecule has 0 unspecified atom stereocenters. The maximum atomic E-state index is 14.1. The minimum Gasteiger partial charge on any atom is -0.508 e. The summed E-state index contributed by atoms with van der Waals surface area (Å²) in [6.45, 7) is 8.42. The molecule has 0 aliphatic rings. The Balaban J connectivity index is 1.68. The number of para-hydroxylation sites is 1. The van der Waals surface area contributed by atoms with Crippen molar-refractivity contribution in [1.29, 1.82) is 0 Å². The zero-order valence-electron chi connectivity index (χ0n) is 40.8. The van der Waals surface area contributed by atoms with Crippen LogP contribution in [-0.2, 0) is 60.8 Å². The molecule has 0 aliphatic heterocycles. The molecule has 23 heteroatoms. The van der Waals surface area contributed by atoms with Gasteiger partial charge in [0.05, 0.1) is 25.7 Å². The Kier molecular flexibility index (Phi) is 22.9. The number of carbonyl (C=O) groups excluding carboxylic acids is 8. The number of carboxylic acid groups (broad SMARTS) is 2. The predicted octanol–water partition coefficient (Wildman–Crippen LogP) is -0.544. The number of amides is 8. The number of fused-ring (bicyclic) bond motifs is 1. The Morgan fingerprint density at radius 2 is 1.10 bits per heavy atom. The van der Waals surface area contributed by atoms with E-state index in [9.17, 15) is 63.3 Å². The largest absolute Gasteiger partial charge is 0.508 e. The van der Waals surface area contributed by atoms with E-state index in [1.54, 1.807) is 64.2 Å². The molecule has 0 bridgehead atoms. The molecule has 0 saturated heterocycles. The summed E-state index contributed by atoms with van der Waals surface area (Å²) in [6, 6.07) is 5.78. The van der Waals surface area contributed by atoms with Crippen molar-refractivity contribution in [2.75, 3.05) is 19.6 Å². The van der Waals surface area contributed by atoms with Crippen molar-refractivity contribution in [2.45, 2.75) is 116 Å². The number of carboxylic acids is 2. The predicted molar refractivity (Wildman–Crippen MR) is 259 cm³/mol. The fourth-order valence-corrected chi connectivity index (χ4v) is 7.28. The van der Waals surface area contributed by atoms with Gasteiger partial charge in [0.25, 0.3) is 0 Å². The van der Waals surface area contributed by atoms with Crippen LogP contribution < -0.4 is 48.3 Å². The lowest BCUT2D eigenvalue weighted by atomic mass is 10.00. The molecule has 71 heavy (non-hydrogen) atoms. The van der Waals surface area contributed by atoms with Gasteiger partial charge in [-0.25, -0.2) is 4.79 Å². The molecule has 3 aromatic rings. The summed E-state index contributed by atoms with van der Waals surface area (Å²) < 4.78 is 0. The summed E-state index contributed by atoms with van der Waals surface area (Å²) in [5.74, 6) is -9.70. The molecular formula is C48H68N10O13. The van der Waals surface area contributed by atoms with Gasteiger partial charge in [-0.3, -0.25) is 43.2 Å². The van der Waals surface area contributed by atoms with Gasteiger partial charge in [0.15, 0.2) is 0 Å². The number of aliphatic carboxylic acids is 2. The maximum absolute atomic E-state index is 14.1. The number of nitrogens with two attached hydrogens (primary N) is 1. The van der Waals surface area contributed by atoms with Crippen LogP contribution in [0.4, 0.5) is 0 Å². The topological polar surface area (TPSA) is 369 Å². The summed E-state index contributed by atoms with van der Waals surface area (Å²) in [5.41, 5.74) is 8.12. The number of aromatic amines is 1. The van der Waals surface area contributed by atoms with Gasteiger partial charge in [0.1, 0.15) is 36.0 Å². The molecule has 23 nitrogen and oxygen atoms in total. The standard InChI is InChI=1S/C48H68N10O13/c1-25(2)17-35(55-43(65)32(49)19-28-11-13-30(59)14-12-28)44(66)52-22-38(60)51-23-39(61)54-34(15-16-41(63)64)46(68)56-36(18-26(3)4)47(69)57-37(20-29-21-50-33-10-8-7-9-31(29)33)45(67)53-24-40(62)58-42(27(5)6)48(70)71/h7-14,21,25-27,32,34-37,42,50,59H,15-20,22-24,49H2,1-6H3,(H,51,60)(H,52,66)(H,53,67)(H,54,61)(H,55,65)(H,56,68)(H,57,69)(H,58,62)(H,63,64)(H,70,71)/t32-,34-,35-,36-,37-,42-/m0/s1. The highest BCUT2D eigenvalue weighted by atomic mass is 16.4. The Morgan fingerprint density at radius 3 is 1.69 bits per heavy atom.